The first kappa shape index (κ1) is 15.6. The van der Waals surface area contributed by atoms with E-state index in [1.165, 1.54) is 0 Å². The molecule has 108 valence electrons. The Balaban J connectivity index is 2.28. The Bertz CT molecular complexity index is 612. The van der Waals surface area contributed by atoms with Crippen LogP contribution in [-0.4, -0.2) is 28.0 Å². The molecule has 0 saturated heterocycles. The molecule has 4 nitrogen and oxygen atoms in total. The molecule has 0 fully saturated rings. The first-order chi connectivity index (χ1) is 9.65. The average Bonchev–Trinajstić information content (AvgIpc) is 2.74. The van der Waals surface area contributed by atoms with E-state index in [1.54, 1.807) is 0 Å². The van der Waals surface area contributed by atoms with Crippen molar-refractivity contribution in [2.24, 2.45) is 0 Å². The molecule has 0 unspecified atom stereocenters. The lowest BCUT2D eigenvalue weighted by atomic mass is 10.3. The summed E-state index contributed by atoms with van der Waals surface area (Å²) in [6, 6.07) is 6.11. The maximum Gasteiger partial charge on any atom is 0.307 e. The zero-order valence-corrected chi connectivity index (χ0v) is 14.1. The Morgan fingerprint density at radius 2 is 2.30 bits per heavy atom. The van der Waals surface area contributed by atoms with Gasteiger partial charge in [-0.2, -0.15) is 0 Å². The summed E-state index contributed by atoms with van der Waals surface area (Å²) >= 11 is 8.10. The number of carbonyl (C=O) groups is 1. The Hall–Kier alpha value is -0.820. The second-order valence-electron chi connectivity index (χ2n) is 4.31. The molecule has 0 N–H and O–H groups in total. The second-order valence-corrected chi connectivity index (χ2v) is 5.93. The average molecular weight is 407 g/mol. The number of nitrogens with zero attached hydrogens (tertiary/aromatic N) is 2. The molecule has 0 aliphatic carbocycles. The minimum Gasteiger partial charge on any atom is -0.466 e. The third kappa shape index (κ3) is 3.63. The number of ether oxygens (including phenoxy) is 1. The molecule has 1 aromatic carbocycles. The van der Waals surface area contributed by atoms with Gasteiger partial charge < -0.3 is 9.30 Å². The molecule has 0 radical (unpaired) electrons. The minimum absolute atomic E-state index is 0.184. The smallest absolute Gasteiger partial charge is 0.307 e. The molecule has 0 spiro atoms. The second kappa shape index (κ2) is 7.26. The molecule has 1 heterocycles. The van der Waals surface area contributed by atoms with Gasteiger partial charge in [-0.15, -0.1) is 11.6 Å². The summed E-state index contributed by atoms with van der Waals surface area (Å²) in [5, 5.41) is 0. The summed E-state index contributed by atoms with van der Waals surface area (Å²) in [5.74, 6) is 1.25. The molecule has 6 heteroatoms. The van der Waals surface area contributed by atoms with E-state index in [9.17, 15) is 4.79 Å². The van der Waals surface area contributed by atoms with Gasteiger partial charge in [-0.05, 0) is 47.7 Å². The van der Waals surface area contributed by atoms with E-state index >= 15 is 0 Å². The number of imidazole rings is 1. The molecule has 0 saturated carbocycles. The van der Waals surface area contributed by atoms with Crippen LogP contribution in [0.25, 0.3) is 11.0 Å². The lowest BCUT2D eigenvalue weighted by Gasteiger charge is -2.08. The Morgan fingerprint density at radius 3 is 3.00 bits per heavy atom. The van der Waals surface area contributed by atoms with Crippen molar-refractivity contribution in [2.45, 2.75) is 26.3 Å². The van der Waals surface area contributed by atoms with E-state index in [-0.39, 0.29) is 5.97 Å². The van der Waals surface area contributed by atoms with Crippen LogP contribution in [0.4, 0.5) is 0 Å². The topological polar surface area (TPSA) is 44.1 Å². The van der Waals surface area contributed by atoms with Crippen LogP contribution in [0.3, 0.4) is 0 Å². The molecular formula is C14H16ClIN2O2. The van der Waals surface area contributed by atoms with Gasteiger partial charge in [-0.25, -0.2) is 4.98 Å². The summed E-state index contributed by atoms with van der Waals surface area (Å²) in [6.07, 6.45) is 1.04. The molecular weight excluding hydrogens is 391 g/mol. The fourth-order valence-corrected chi connectivity index (χ4v) is 2.76. The predicted octanol–water partition coefficient (Wildman–Crippen LogP) is 3.38. The lowest BCUT2D eigenvalue weighted by molar-refractivity contribution is -0.143. The Kier molecular flexibility index (Phi) is 5.65. The first-order valence-corrected chi connectivity index (χ1v) is 8.13. The van der Waals surface area contributed by atoms with E-state index in [1.807, 2.05) is 25.1 Å². The largest absolute Gasteiger partial charge is 0.466 e. The number of hydrogen-bond donors (Lipinski definition) is 0. The summed E-state index contributed by atoms with van der Waals surface area (Å²) in [5.41, 5.74) is 1.98. The SMILES string of the molecule is CCOC(=O)CCn1c(CCCl)nc2cc(I)ccc21. The van der Waals surface area contributed by atoms with Crippen molar-refractivity contribution >= 4 is 51.2 Å². The number of alkyl halides is 1. The van der Waals surface area contributed by atoms with Gasteiger partial charge in [0.1, 0.15) is 5.82 Å². The van der Waals surface area contributed by atoms with Gasteiger partial charge >= 0.3 is 5.97 Å². The highest BCUT2D eigenvalue weighted by Crippen LogP contribution is 2.20. The van der Waals surface area contributed by atoms with Crippen molar-refractivity contribution in [3.8, 4) is 0 Å². The Labute approximate surface area is 136 Å². The predicted molar refractivity (Wildman–Crippen MR) is 88.1 cm³/mol. The maximum absolute atomic E-state index is 11.5. The Morgan fingerprint density at radius 1 is 1.50 bits per heavy atom. The number of benzene rings is 1. The van der Waals surface area contributed by atoms with Crippen molar-refractivity contribution in [3.05, 3.63) is 27.6 Å². The minimum atomic E-state index is -0.184. The van der Waals surface area contributed by atoms with Crippen molar-refractivity contribution in [2.75, 3.05) is 12.5 Å². The molecule has 0 bridgehead atoms. The quantitative estimate of drug-likeness (QED) is 0.420. The lowest BCUT2D eigenvalue weighted by Crippen LogP contribution is -2.11. The monoisotopic (exact) mass is 406 g/mol. The fraction of sp³-hybridized carbons (Fsp3) is 0.429. The third-order valence-corrected chi connectivity index (χ3v) is 3.81. The van der Waals surface area contributed by atoms with E-state index in [0.717, 1.165) is 20.4 Å². The van der Waals surface area contributed by atoms with Crippen molar-refractivity contribution < 1.29 is 9.53 Å². The van der Waals surface area contributed by atoms with Gasteiger partial charge in [0.25, 0.3) is 0 Å². The van der Waals surface area contributed by atoms with Gasteiger partial charge in [0, 0.05) is 22.4 Å². The van der Waals surface area contributed by atoms with Crippen molar-refractivity contribution in [1.82, 2.24) is 9.55 Å². The third-order valence-electron chi connectivity index (χ3n) is 2.95. The van der Waals surface area contributed by atoms with Crippen LogP contribution in [0, 0.1) is 3.57 Å². The molecule has 0 amide bonds. The van der Waals surface area contributed by atoms with Gasteiger partial charge in [0.15, 0.2) is 0 Å². The van der Waals surface area contributed by atoms with Crippen LogP contribution in [0.2, 0.25) is 0 Å². The molecule has 0 atom stereocenters. The van der Waals surface area contributed by atoms with Crippen molar-refractivity contribution in [3.63, 3.8) is 0 Å². The molecule has 2 aromatic rings. The number of carbonyl (C=O) groups excluding carboxylic acids is 1. The summed E-state index contributed by atoms with van der Waals surface area (Å²) in [7, 11) is 0. The zero-order chi connectivity index (χ0) is 14.5. The van der Waals surface area contributed by atoms with Gasteiger partial charge in [0.05, 0.1) is 24.1 Å². The normalized spacial score (nSPS) is 10.9. The van der Waals surface area contributed by atoms with Crippen LogP contribution >= 0.6 is 34.2 Å². The molecule has 1 aromatic heterocycles. The van der Waals surface area contributed by atoms with E-state index in [0.29, 0.717) is 31.9 Å². The highest BCUT2D eigenvalue weighted by atomic mass is 127. The maximum atomic E-state index is 11.5. The van der Waals surface area contributed by atoms with Gasteiger partial charge in [-0.1, -0.05) is 0 Å². The van der Waals surface area contributed by atoms with Gasteiger partial charge in [-0.3, -0.25) is 4.79 Å². The number of aromatic nitrogens is 2. The number of fused-ring (bicyclic) bond motifs is 1. The molecule has 0 aliphatic heterocycles. The van der Waals surface area contributed by atoms with Gasteiger partial charge in [0.2, 0.25) is 0 Å². The van der Waals surface area contributed by atoms with Crippen LogP contribution < -0.4 is 0 Å². The van der Waals surface area contributed by atoms with E-state index in [4.69, 9.17) is 16.3 Å². The standard InChI is InChI=1S/C14H16ClIN2O2/c1-2-20-14(19)6-8-18-12-4-3-10(16)9-11(12)17-13(18)5-7-15/h3-4,9H,2,5-8H2,1H3. The van der Waals surface area contributed by atoms with Crippen LogP contribution in [-0.2, 0) is 22.5 Å². The van der Waals surface area contributed by atoms with E-state index in [2.05, 4.69) is 32.1 Å². The highest BCUT2D eigenvalue weighted by molar-refractivity contribution is 14.1. The van der Waals surface area contributed by atoms with Crippen LogP contribution in [0.15, 0.2) is 18.2 Å². The first-order valence-electron chi connectivity index (χ1n) is 6.52. The van der Waals surface area contributed by atoms with Crippen LogP contribution in [0.5, 0.6) is 0 Å². The van der Waals surface area contributed by atoms with Crippen molar-refractivity contribution in [1.29, 1.82) is 0 Å². The zero-order valence-electron chi connectivity index (χ0n) is 11.2. The van der Waals surface area contributed by atoms with Crippen LogP contribution in [0.1, 0.15) is 19.2 Å². The summed E-state index contributed by atoms with van der Waals surface area (Å²) < 4.78 is 8.17. The number of halogens is 2. The highest BCUT2D eigenvalue weighted by Gasteiger charge is 2.12. The number of rotatable bonds is 6. The molecule has 0 aliphatic rings. The number of esters is 1. The number of aryl methyl sites for hydroxylation is 2. The van der Waals surface area contributed by atoms with E-state index < -0.39 is 0 Å². The summed E-state index contributed by atoms with van der Waals surface area (Å²) in [6.45, 7) is 2.80. The molecule has 20 heavy (non-hydrogen) atoms. The summed E-state index contributed by atoms with van der Waals surface area (Å²) in [4.78, 5) is 16.1. The fourth-order valence-electron chi connectivity index (χ4n) is 2.11. The number of hydrogen-bond acceptors (Lipinski definition) is 3. The molecule has 2 rings (SSSR count).